The number of aryl methyl sites for hydroxylation is 2. The van der Waals surface area contributed by atoms with Crippen molar-refractivity contribution in [3.63, 3.8) is 0 Å². The predicted molar refractivity (Wildman–Crippen MR) is 143 cm³/mol. The van der Waals surface area contributed by atoms with E-state index in [2.05, 4.69) is 26.0 Å². The lowest BCUT2D eigenvalue weighted by molar-refractivity contribution is -0.0698. The van der Waals surface area contributed by atoms with Gasteiger partial charge >= 0.3 is 11.9 Å². The molecule has 6 unspecified atom stereocenters. The number of esters is 2. The molecule has 3 aliphatic carbocycles. The van der Waals surface area contributed by atoms with Crippen molar-refractivity contribution >= 4 is 11.9 Å². The molecule has 0 saturated heterocycles. The molecule has 2 fully saturated rings. The zero-order valence-corrected chi connectivity index (χ0v) is 21.6. The standard InChI is InChI=1S/C33H34O4/c1-3-4-11-21-16-20(2)28-24(17-21)18-25-26-19-27(29(25)28)31(37-33(35)23-14-9-6-10-15-23)30(26)36-32(34)22-12-7-5-8-13-22/h5-10,12-17,25-27,29-31H,3-4,11,18-19H2,1-2H3. The number of benzene rings is 3. The lowest BCUT2D eigenvalue weighted by Crippen LogP contribution is -2.45. The van der Waals surface area contributed by atoms with E-state index in [9.17, 15) is 9.59 Å². The monoisotopic (exact) mass is 494 g/mol. The van der Waals surface area contributed by atoms with Crippen LogP contribution in [0.15, 0.2) is 72.8 Å². The average Bonchev–Trinajstić information content (AvgIpc) is 3.58. The van der Waals surface area contributed by atoms with Gasteiger partial charge < -0.3 is 9.47 Å². The smallest absolute Gasteiger partial charge is 0.338 e. The second kappa shape index (κ2) is 9.81. The Kier molecular flexibility index (Phi) is 6.36. The molecular formula is C33H34O4. The van der Waals surface area contributed by atoms with Crippen LogP contribution in [0.1, 0.15) is 75.1 Å². The van der Waals surface area contributed by atoms with Crippen LogP contribution in [0.3, 0.4) is 0 Å². The molecule has 0 heterocycles. The third-order valence-electron chi connectivity index (χ3n) is 8.83. The van der Waals surface area contributed by atoms with Gasteiger partial charge in [-0.3, -0.25) is 0 Å². The van der Waals surface area contributed by atoms with Crippen molar-refractivity contribution in [1.82, 2.24) is 0 Å². The summed E-state index contributed by atoms with van der Waals surface area (Å²) in [4.78, 5) is 26.3. The molecule has 2 saturated carbocycles. The largest absolute Gasteiger partial charge is 0.455 e. The van der Waals surface area contributed by atoms with Crippen LogP contribution in [0.25, 0.3) is 0 Å². The fourth-order valence-corrected chi connectivity index (χ4v) is 7.35. The Morgan fingerprint density at radius 2 is 1.41 bits per heavy atom. The molecule has 0 spiro atoms. The van der Waals surface area contributed by atoms with E-state index in [0.29, 0.717) is 23.0 Å². The second-order valence-corrected chi connectivity index (χ2v) is 11.0. The SMILES string of the molecule is CCCCc1cc(C)c2c(c1)CC1C3CC(C(OC(=O)c4ccccc4)C3OC(=O)c3ccccc3)C21. The maximum atomic E-state index is 13.2. The number of hydrogen-bond acceptors (Lipinski definition) is 4. The van der Waals surface area contributed by atoms with Crippen molar-refractivity contribution < 1.29 is 19.1 Å². The maximum absolute atomic E-state index is 13.2. The van der Waals surface area contributed by atoms with Gasteiger partial charge in [0.1, 0.15) is 12.2 Å². The molecule has 6 rings (SSSR count). The first-order valence-corrected chi connectivity index (χ1v) is 13.7. The highest BCUT2D eigenvalue weighted by Gasteiger charge is 2.63. The summed E-state index contributed by atoms with van der Waals surface area (Å²) in [5, 5.41) is 0. The third-order valence-corrected chi connectivity index (χ3v) is 8.83. The highest BCUT2D eigenvalue weighted by molar-refractivity contribution is 5.90. The first-order valence-electron chi connectivity index (χ1n) is 13.7. The van der Waals surface area contributed by atoms with Crippen molar-refractivity contribution in [1.29, 1.82) is 0 Å². The summed E-state index contributed by atoms with van der Waals surface area (Å²) in [5.74, 6) is 0.407. The van der Waals surface area contributed by atoms with Crippen LogP contribution in [0.5, 0.6) is 0 Å². The lowest BCUT2D eigenvalue weighted by atomic mass is 9.76. The van der Waals surface area contributed by atoms with Gasteiger partial charge in [-0.05, 0) is 91.0 Å². The highest BCUT2D eigenvalue weighted by atomic mass is 16.6. The first kappa shape index (κ1) is 24.0. The summed E-state index contributed by atoms with van der Waals surface area (Å²) >= 11 is 0. The molecule has 0 amide bonds. The first-order chi connectivity index (χ1) is 18.0. The molecule has 0 radical (unpaired) electrons. The van der Waals surface area contributed by atoms with Crippen LogP contribution in [0, 0.1) is 24.7 Å². The van der Waals surface area contributed by atoms with E-state index in [1.807, 2.05) is 36.4 Å². The summed E-state index contributed by atoms with van der Waals surface area (Å²) < 4.78 is 12.4. The van der Waals surface area contributed by atoms with Crippen LogP contribution in [-0.2, 0) is 22.3 Å². The summed E-state index contributed by atoms with van der Waals surface area (Å²) in [5.41, 5.74) is 6.73. The molecule has 0 N–H and O–H groups in total. The molecule has 4 nitrogen and oxygen atoms in total. The topological polar surface area (TPSA) is 52.6 Å². The second-order valence-electron chi connectivity index (χ2n) is 11.0. The molecular weight excluding hydrogens is 460 g/mol. The van der Waals surface area contributed by atoms with Crippen LogP contribution in [0.2, 0.25) is 0 Å². The fraction of sp³-hybridized carbons (Fsp3) is 0.394. The Morgan fingerprint density at radius 3 is 2.00 bits per heavy atom. The molecule has 190 valence electrons. The Balaban J connectivity index is 1.32. The van der Waals surface area contributed by atoms with E-state index >= 15 is 0 Å². The van der Waals surface area contributed by atoms with Gasteiger partial charge in [-0.1, -0.05) is 61.9 Å². The van der Waals surface area contributed by atoms with Gasteiger partial charge in [-0.2, -0.15) is 0 Å². The summed E-state index contributed by atoms with van der Waals surface area (Å²) in [6.45, 7) is 4.47. The molecule has 2 bridgehead atoms. The maximum Gasteiger partial charge on any atom is 0.338 e. The van der Waals surface area contributed by atoms with Crippen LogP contribution < -0.4 is 0 Å². The quantitative estimate of drug-likeness (QED) is 0.343. The minimum atomic E-state index is -0.447. The van der Waals surface area contributed by atoms with Crippen molar-refractivity contribution in [3.05, 3.63) is 106 Å². The van der Waals surface area contributed by atoms with Crippen molar-refractivity contribution in [3.8, 4) is 0 Å². The van der Waals surface area contributed by atoms with E-state index in [-0.39, 0.29) is 23.8 Å². The number of fused-ring (bicyclic) bond motifs is 7. The Morgan fingerprint density at radius 1 is 0.811 bits per heavy atom. The van der Waals surface area contributed by atoms with Crippen molar-refractivity contribution in [2.45, 2.75) is 64.1 Å². The number of carbonyl (C=O) groups excluding carboxylic acids is 2. The Labute approximate surface area is 219 Å². The van der Waals surface area contributed by atoms with E-state index < -0.39 is 12.2 Å². The molecule has 6 atom stereocenters. The van der Waals surface area contributed by atoms with Crippen LogP contribution in [-0.4, -0.2) is 24.1 Å². The van der Waals surface area contributed by atoms with Gasteiger partial charge in [-0.25, -0.2) is 9.59 Å². The molecule has 0 aromatic heterocycles. The zero-order chi connectivity index (χ0) is 25.5. The molecule has 3 aliphatic rings. The van der Waals surface area contributed by atoms with E-state index in [4.69, 9.17) is 9.47 Å². The molecule has 37 heavy (non-hydrogen) atoms. The zero-order valence-electron chi connectivity index (χ0n) is 21.6. The van der Waals surface area contributed by atoms with Gasteiger partial charge in [0.2, 0.25) is 0 Å². The van der Waals surface area contributed by atoms with Gasteiger partial charge in [0.25, 0.3) is 0 Å². The summed E-state index contributed by atoms with van der Waals surface area (Å²) in [6.07, 6.45) is 4.56. The van der Waals surface area contributed by atoms with Gasteiger partial charge in [0.15, 0.2) is 0 Å². The summed E-state index contributed by atoms with van der Waals surface area (Å²) in [6, 6.07) is 23.0. The van der Waals surface area contributed by atoms with Crippen LogP contribution >= 0.6 is 0 Å². The number of hydrogen-bond donors (Lipinski definition) is 0. The Hall–Kier alpha value is -3.40. The predicted octanol–water partition coefficient (Wildman–Crippen LogP) is 6.69. The van der Waals surface area contributed by atoms with Crippen molar-refractivity contribution in [2.24, 2.45) is 17.8 Å². The fourth-order valence-electron chi connectivity index (χ4n) is 7.35. The van der Waals surface area contributed by atoms with Gasteiger partial charge in [0.05, 0.1) is 11.1 Å². The van der Waals surface area contributed by atoms with E-state index in [1.165, 1.54) is 35.1 Å². The molecule has 4 heteroatoms. The number of ether oxygens (including phenoxy) is 2. The molecule has 3 aromatic carbocycles. The third kappa shape index (κ3) is 4.27. The normalized spacial score (nSPS) is 27.0. The van der Waals surface area contributed by atoms with E-state index in [1.54, 1.807) is 24.3 Å². The number of unbranched alkanes of at least 4 members (excludes halogenated alkanes) is 1. The molecule has 0 aliphatic heterocycles. The minimum Gasteiger partial charge on any atom is -0.455 e. The Bertz CT molecular complexity index is 1300. The van der Waals surface area contributed by atoms with Crippen molar-refractivity contribution in [2.75, 3.05) is 0 Å². The summed E-state index contributed by atoms with van der Waals surface area (Å²) in [7, 11) is 0. The minimum absolute atomic E-state index is 0.151. The van der Waals surface area contributed by atoms with Gasteiger partial charge in [0, 0.05) is 11.8 Å². The van der Waals surface area contributed by atoms with Crippen LogP contribution in [0.4, 0.5) is 0 Å². The molecule has 3 aromatic rings. The van der Waals surface area contributed by atoms with Gasteiger partial charge in [-0.15, -0.1) is 0 Å². The average molecular weight is 495 g/mol. The number of carbonyl (C=O) groups is 2. The number of rotatable bonds is 7. The van der Waals surface area contributed by atoms with E-state index in [0.717, 1.165) is 19.3 Å². The lowest BCUT2D eigenvalue weighted by Gasteiger charge is -2.37. The highest BCUT2D eigenvalue weighted by Crippen LogP contribution is 2.63.